The number of hydrogen-bond acceptors (Lipinski definition) is 1. The molecular formula is C23H32O. The standard InChI is InChI=1S/C23H32O/c1-16-6-8-19(9-7-16)23(14-18(15-23)13-22(3,4)5)20-10-11-21(24)17(2)12-20/h6,8-12,16,18,24H,7,13-15H2,1-5H3. The lowest BCUT2D eigenvalue weighted by Gasteiger charge is -2.52. The van der Waals surface area contributed by atoms with Gasteiger partial charge in [0.2, 0.25) is 0 Å². The third-order valence-corrected chi connectivity index (χ3v) is 5.79. The highest BCUT2D eigenvalue weighted by molar-refractivity contribution is 5.49. The summed E-state index contributed by atoms with van der Waals surface area (Å²) in [5.41, 5.74) is 4.42. The zero-order valence-corrected chi connectivity index (χ0v) is 15.9. The van der Waals surface area contributed by atoms with Gasteiger partial charge < -0.3 is 5.11 Å². The van der Waals surface area contributed by atoms with E-state index in [0.29, 0.717) is 17.1 Å². The molecule has 2 aliphatic rings. The summed E-state index contributed by atoms with van der Waals surface area (Å²) in [4.78, 5) is 0. The Morgan fingerprint density at radius 1 is 1.21 bits per heavy atom. The predicted molar refractivity (Wildman–Crippen MR) is 102 cm³/mol. The van der Waals surface area contributed by atoms with Crippen molar-refractivity contribution < 1.29 is 5.11 Å². The minimum Gasteiger partial charge on any atom is -0.508 e. The van der Waals surface area contributed by atoms with Crippen molar-refractivity contribution in [3.05, 3.63) is 53.1 Å². The van der Waals surface area contributed by atoms with Gasteiger partial charge >= 0.3 is 0 Å². The second-order valence-electron chi connectivity index (χ2n) is 9.35. The zero-order valence-electron chi connectivity index (χ0n) is 15.9. The Balaban J connectivity index is 1.92. The third-order valence-electron chi connectivity index (χ3n) is 5.79. The molecule has 1 heteroatoms. The quantitative estimate of drug-likeness (QED) is 0.691. The summed E-state index contributed by atoms with van der Waals surface area (Å²) in [6.45, 7) is 11.3. The van der Waals surface area contributed by atoms with Crippen LogP contribution in [-0.4, -0.2) is 5.11 Å². The van der Waals surface area contributed by atoms with E-state index in [1.54, 1.807) is 0 Å². The third kappa shape index (κ3) is 3.31. The van der Waals surface area contributed by atoms with Crippen LogP contribution >= 0.6 is 0 Å². The maximum Gasteiger partial charge on any atom is 0.118 e. The molecule has 0 saturated heterocycles. The van der Waals surface area contributed by atoms with Crippen LogP contribution in [0.1, 0.15) is 64.5 Å². The van der Waals surface area contributed by atoms with E-state index in [1.165, 1.54) is 30.4 Å². The van der Waals surface area contributed by atoms with Crippen LogP contribution in [0.5, 0.6) is 5.75 Å². The molecule has 0 aromatic heterocycles. The molecule has 1 nitrogen and oxygen atoms in total. The van der Waals surface area contributed by atoms with Crippen molar-refractivity contribution in [3.8, 4) is 5.75 Å². The van der Waals surface area contributed by atoms with Crippen LogP contribution in [0.15, 0.2) is 42.0 Å². The van der Waals surface area contributed by atoms with Crippen LogP contribution in [0.4, 0.5) is 0 Å². The second-order valence-corrected chi connectivity index (χ2v) is 9.35. The minimum atomic E-state index is 0.158. The van der Waals surface area contributed by atoms with Gasteiger partial charge in [-0.2, -0.15) is 0 Å². The van der Waals surface area contributed by atoms with Gasteiger partial charge in [-0.15, -0.1) is 0 Å². The molecule has 0 heterocycles. The molecule has 1 N–H and O–H groups in total. The number of aryl methyl sites for hydroxylation is 1. The Morgan fingerprint density at radius 2 is 1.92 bits per heavy atom. The Hall–Kier alpha value is -1.50. The van der Waals surface area contributed by atoms with Crippen LogP contribution in [0.2, 0.25) is 0 Å². The molecule has 130 valence electrons. The summed E-state index contributed by atoms with van der Waals surface area (Å²) in [6, 6.07) is 6.22. The highest BCUT2D eigenvalue weighted by Crippen LogP contribution is 2.56. The number of benzene rings is 1. The van der Waals surface area contributed by atoms with Gasteiger partial charge in [-0.25, -0.2) is 0 Å². The van der Waals surface area contributed by atoms with Crippen LogP contribution in [-0.2, 0) is 5.41 Å². The molecule has 1 saturated carbocycles. The second kappa shape index (κ2) is 6.10. The SMILES string of the molecule is Cc1cc(C2(C3=CCC(C)C=C3)CC(CC(C)(C)C)C2)ccc1O. The Labute approximate surface area is 147 Å². The van der Waals surface area contributed by atoms with Crippen LogP contribution < -0.4 is 0 Å². The molecule has 2 aliphatic carbocycles. The molecule has 0 aliphatic heterocycles. The van der Waals surface area contributed by atoms with Crippen molar-refractivity contribution >= 4 is 0 Å². The Kier molecular flexibility index (Phi) is 4.40. The summed E-state index contributed by atoms with van der Waals surface area (Å²) in [5.74, 6) is 1.85. The van der Waals surface area contributed by atoms with Crippen molar-refractivity contribution in [2.24, 2.45) is 17.3 Å². The minimum absolute atomic E-state index is 0.158. The van der Waals surface area contributed by atoms with Gasteiger partial charge in [-0.3, -0.25) is 0 Å². The topological polar surface area (TPSA) is 20.2 Å². The summed E-state index contributed by atoms with van der Waals surface area (Å²) in [5, 5.41) is 9.92. The zero-order chi connectivity index (χ0) is 17.5. The number of phenolic OH excluding ortho intramolecular Hbond substituents is 1. The molecule has 1 fully saturated rings. The first-order valence-corrected chi connectivity index (χ1v) is 9.38. The maximum absolute atomic E-state index is 9.92. The van der Waals surface area contributed by atoms with Gasteiger partial charge in [0.05, 0.1) is 0 Å². The van der Waals surface area contributed by atoms with E-state index in [9.17, 15) is 5.11 Å². The Bertz CT molecular complexity index is 666. The molecule has 1 aromatic carbocycles. The first-order chi connectivity index (χ1) is 11.2. The highest BCUT2D eigenvalue weighted by atomic mass is 16.3. The normalized spacial score (nSPS) is 30.0. The summed E-state index contributed by atoms with van der Waals surface area (Å²) in [7, 11) is 0. The van der Waals surface area contributed by atoms with Crippen LogP contribution in [0, 0.1) is 24.2 Å². The van der Waals surface area contributed by atoms with Crippen molar-refractivity contribution in [2.75, 3.05) is 0 Å². The number of allylic oxidation sites excluding steroid dienone is 4. The lowest BCUT2D eigenvalue weighted by molar-refractivity contribution is 0.126. The average molecular weight is 325 g/mol. The average Bonchev–Trinajstić information content (AvgIpc) is 2.45. The fourth-order valence-corrected chi connectivity index (χ4v) is 4.61. The summed E-state index contributed by atoms with van der Waals surface area (Å²) < 4.78 is 0. The molecule has 1 aromatic rings. The first kappa shape index (κ1) is 17.3. The van der Waals surface area contributed by atoms with Crippen LogP contribution in [0.3, 0.4) is 0 Å². The fourth-order valence-electron chi connectivity index (χ4n) is 4.61. The summed E-state index contributed by atoms with van der Waals surface area (Å²) in [6.07, 6.45) is 12.1. The molecule has 0 radical (unpaired) electrons. The molecule has 0 amide bonds. The molecule has 1 unspecified atom stereocenters. The van der Waals surface area contributed by atoms with E-state index in [0.717, 1.165) is 17.9 Å². The van der Waals surface area contributed by atoms with E-state index >= 15 is 0 Å². The van der Waals surface area contributed by atoms with Gasteiger partial charge in [0.1, 0.15) is 5.75 Å². The molecule has 3 rings (SSSR count). The van der Waals surface area contributed by atoms with Gasteiger partial charge in [0.25, 0.3) is 0 Å². The van der Waals surface area contributed by atoms with E-state index in [1.807, 2.05) is 13.0 Å². The maximum atomic E-state index is 9.92. The van der Waals surface area contributed by atoms with Crippen LogP contribution in [0.25, 0.3) is 0 Å². The molecule has 1 atom stereocenters. The number of hydrogen-bond donors (Lipinski definition) is 1. The lowest BCUT2D eigenvalue weighted by Crippen LogP contribution is -2.44. The van der Waals surface area contributed by atoms with Crippen molar-refractivity contribution in [2.45, 2.75) is 65.7 Å². The molecule has 24 heavy (non-hydrogen) atoms. The first-order valence-electron chi connectivity index (χ1n) is 9.38. The van der Waals surface area contributed by atoms with Crippen molar-refractivity contribution in [1.29, 1.82) is 0 Å². The largest absolute Gasteiger partial charge is 0.508 e. The smallest absolute Gasteiger partial charge is 0.118 e. The number of aromatic hydroxyl groups is 1. The van der Waals surface area contributed by atoms with E-state index in [2.05, 4.69) is 58.1 Å². The van der Waals surface area contributed by atoms with Crippen molar-refractivity contribution in [3.63, 3.8) is 0 Å². The van der Waals surface area contributed by atoms with Crippen molar-refractivity contribution in [1.82, 2.24) is 0 Å². The molecular weight excluding hydrogens is 292 g/mol. The van der Waals surface area contributed by atoms with Gasteiger partial charge in [-0.1, -0.05) is 58.1 Å². The monoisotopic (exact) mass is 324 g/mol. The van der Waals surface area contributed by atoms with E-state index < -0.39 is 0 Å². The fraction of sp³-hybridized carbons (Fsp3) is 0.565. The van der Waals surface area contributed by atoms with Gasteiger partial charge in [0, 0.05) is 5.41 Å². The lowest BCUT2D eigenvalue weighted by atomic mass is 9.52. The number of phenols is 1. The van der Waals surface area contributed by atoms with E-state index in [-0.39, 0.29) is 5.41 Å². The molecule has 0 bridgehead atoms. The Morgan fingerprint density at radius 3 is 2.46 bits per heavy atom. The van der Waals surface area contributed by atoms with E-state index in [4.69, 9.17) is 0 Å². The molecule has 0 spiro atoms. The predicted octanol–water partition coefficient (Wildman–Crippen LogP) is 6.31. The van der Waals surface area contributed by atoms with Gasteiger partial charge in [-0.05, 0) is 72.6 Å². The number of rotatable bonds is 3. The van der Waals surface area contributed by atoms with Gasteiger partial charge in [0.15, 0.2) is 0 Å². The highest BCUT2D eigenvalue weighted by Gasteiger charge is 2.48. The summed E-state index contributed by atoms with van der Waals surface area (Å²) >= 11 is 0.